The van der Waals surface area contributed by atoms with Crippen LogP contribution in [-0.4, -0.2) is 26.2 Å². The van der Waals surface area contributed by atoms with Gasteiger partial charge in [0.2, 0.25) is 10.0 Å². The number of rotatable bonds is 4. The highest BCUT2D eigenvalue weighted by Crippen LogP contribution is 2.28. The first-order chi connectivity index (χ1) is 7.77. The van der Waals surface area contributed by atoms with Gasteiger partial charge in [0, 0.05) is 15.0 Å². The average molecular weight is 387 g/mol. The Bertz CT molecular complexity index is 517. The molecule has 1 aromatic rings. The Morgan fingerprint density at radius 2 is 1.94 bits per heavy atom. The predicted molar refractivity (Wildman–Crippen MR) is 73.4 cm³/mol. The maximum atomic E-state index is 12.0. The standard InChI is InChI=1S/C10H13Br2NO3S/c1-6-3-9(12)10(4-8(6)11)17(15,16)13-7(2)5-14/h3-4,7,13-14H,5H2,1-2H3/t7-/m1/s1. The summed E-state index contributed by atoms with van der Waals surface area (Å²) in [6.07, 6.45) is 0. The van der Waals surface area contributed by atoms with Crippen LogP contribution in [0.15, 0.2) is 26.0 Å². The third-order valence-electron chi connectivity index (χ3n) is 2.13. The minimum Gasteiger partial charge on any atom is -0.395 e. The molecule has 0 aliphatic heterocycles. The Morgan fingerprint density at radius 3 is 2.47 bits per heavy atom. The number of hydrogen-bond donors (Lipinski definition) is 2. The third kappa shape index (κ3) is 3.75. The third-order valence-corrected chi connectivity index (χ3v) is 5.54. The molecule has 2 N–H and O–H groups in total. The molecule has 0 saturated heterocycles. The van der Waals surface area contributed by atoms with Gasteiger partial charge in [0.25, 0.3) is 0 Å². The van der Waals surface area contributed by atoms with E-state index in [0.717, 1.165) is 10.0 Å². The van der Waals surface area contributed by atoms with Crippen molar-refractivity contribution >= 4 is 41.9 Å². The number of hydrogen-bond acceptors (Lipinski definition) is 3. The smallest absolute Gasteiger partial charge is 0.242 e. The fourth-order valence-electron chi connectivity index (χ4n) is 1.20. The molecule has 0 bridgehead atoms. The fourth-order valence-corrected chi connectivity index (χ4v) is 4.11. The first-order valence-electron chi connectivity index (χ1n) is 4.86. The lowest BCUT2D eigenvalue weighted by Gasteiger charge is -2.13. The Labute approximate surface area is 118 Å². The van der Waals surface area contributed by atoms with Crippen molar-refractivity contribution in [1.29, 1.82) is 0 Å². The molecule has 0 saturated carbocycles. The second-order valence-corrected chi connectivity index (χ2v) is 7.13. The van der Waals surface area contributed by atoms with Crippen molar-refractivity contribution in [2.24, 2.45) is 0 Å². The topological polar surface area (TPSA) is 66.4 Å². The van der Waals surface area contributed by atoms with Gasteiger partial charge in [-0.1, -0.05) is 15.9 Å². The fraction of sp³-hybridized carbons (Fsp3) is 0.400. The van der Waals surface area contributed by atoms with Crippen LogP contribution in [0.1, 0.15) is 12.5 Å². The first-order valence-corrected chi connectivity index (χ1v) is 7.93. The van der Waals surface area contributed by atoms with Gasteiger partial charge in [0.1, 0.15) is 0 Å². The van der Waals surface area contributed by atoms with Crippen molar-refractivity contribution in [3.8, 4) is 0 Å². The molecule has 0 aliphatic carbocycles. The molecule has 4 nitrogen and oxygen atoms in total. The monoisotopic (exact) mass is 385 g/mol. The molecule has 1 aromatic carbocycles. The van der Waals surface area contributed by atoms with Crippen molar-refractivity contribution in [2.45, 2.75) is 24.8 Å². The van der Waals surface area contributed by atoms with E-state index < -0.39 is 16.1 Å². The number of sulfonamides is 1. The maximum Gasteiger partial charge on any atom is 0.242 e. The lowest BCUT2D eigenvalue weighted by atomic mass is 10.2. The van der Waals surface area contributed by atoms with Gasteiger partial charge in [-0.3, -0.25) is 0 Å². The molecule has 0 heterocycles. The van der Waals surface area contributed by atoms with Gasteiger partial charge in [0.15, 0.2) is 0 Å². The van der Waals surface area contributed by atoms with Gasteiger partial charge in [-0.2, -0.15) is 0 Å². The quantitative estimate of drug-likeness (QED) is 0.833. The molecular weight excluding hydrogens is 374 g/mol. The molecule has 1 atom stereocenters. The van der Waals surface area contributed by atoms with E-state index in [1.807, 2.05) is 6.92 Å². The zero-order valence-corrected chi connectivity index (χ0v) is 13.4. The Morgan fingerprint density at radius 1 is 1.35 bits per heavy atom. The summed E-state index contributed by atoms with van der Waals surface area (Å²) in [4.78, 5) is 0.148. The van der Waals surface area contributed by atoms with Crippen LogP contribution in [0.25, 0.3) is 0 Å². The van der Waals surface area contributed by atoms with E-state index in [4.69, 9.17) is 5.11 Å². The number of aliphatic hydroxyl groups is 1. The van der Waals surface area contributed by atoms with E-state index in [1.54, 1.807) is 13.0 Å². The minimum absolute atomic E-state index is 0.148. The molecule has 0 fully saturated rings. The molecule has 0 unspecified atom stereocenters. The second kappa shape index (κ2) is 5.79. The van der Waals surface area contributed by atoms with Crippen molar-refractivity contribution in [3.63, 3.8) is 0 Å². The molecule has 0 radical (unpaired) electrons. The van der Waals surface area contributed by atoms with Crippen LogP contribution in [-0.2, 0) is 10.0 Å². The van der Waals surface area contributed by atoms with Gasteiger partial charge >= 0.3 is 0 Å². The number of benzene rings is 1. The summed E-state index contributed by atoms with van der Waals surface area (Å²) in [6, 6.07) is 2.74. The molecule has 17 heavy (non-hydrogen) atoms. The summed E-state index contributed by atoms with van der Waals surface area (Å²) in [6.45, 7) is 3.22. The number of aliphatic hydroxyl groups excluding tert-OH is 1. The van der Waals surface area contributed by atoms with E-state index in [1.165, 1.54) is 6.07 Å². The summed E-state index contributed by atoms with van der Waals surface area (Å²) in [5.74, 6) is 0. The van der Waals surface area contributed by atoms with Crippen LogP contribution in [0.5, 0.6) is 0 Å². The van der Waals surface area contributed by atoms with Crippen LogP contribution >= 0.6 is 31.9 Å². The van der Waals surface area contributed by atoms with Gasteiger partial charge in [-0.15, -0.1) is 0 Å². The lowest BCUT2D eigenvalue weighted by molar-refractivity contribution is 0.265. The first kappa shape index (κ1) is 15.1. The van der Waals surface area contributed by atoms with Crippen molar-refractivity contribution in [2.75, 3.05) is 6.61 Å². The molecule has 7 heteroatoms. The van der Waals surface area contributed by atoms with Gasteiger partial charge < -0.3 is 5.11 Å². The summed E-state index contributed by atoms with van der Waals surface area (Å²) in [5, 5.41) is 8.87. The van der Waals surface area contributed by atoms with E-state index in [0.29, 0.717) is 4.47 Å². The normalized spacial score (nSPS) is 13.7. The maximum absolute atomic E-state index is 12.0. The minimum atomic E-state index is -3.63. The Kier molecular flexibility index (Phi) is 5.15. The largest absolute Gasteiger partial charge is 0.395 e. The zero-order valence-electron chi connectivity index (χ0n) is 9.37. The van der Waals surface area contributed by atoms with Crippen LogP contribution in [0, 0.1) is 6.92 Å². The predicted octanol–water partition coefficient (Wildman–Crippen LogP) is 2.18. The Hall–Kier alpha value is 0.0500. The van der Waals surface area contributed by atoms with E-state index >= 15 is 0 Å². The van der Waals surface area contributed by atoms with Crippen molar-refractivity contribution in [3.05, 3.63) is 26.6 Å². The highest BCUT2D eigenvalue weighted by molar-refractivity contribution is 9.11. The molecule has 0 aliphatic rings. The van der Waals surface area contributed by atoms with Crippen LogP contribution in [0.3, 0.4) is 0 Å². The van der Waals surface area contributed by atoms with Crippen LogP contribution in [0.4, 0.5) is 0 Å². The highest BCUT2D eigenvalue weighted by Gasteiger charge is 2.20. The molecule has 96 valence electrons. The summed E-state index contributed by atoms with van der Waals surface area (Å²) >= 11 is 6.52. The van der Waals surface area contributed by atoms with E-state index in [-0.39, 0.29) is 11.5 Å². The zero-order chi connectivity index (χ0) is 13.2. The van der Waals surface area contributed by atoms with Gasteiger partial charge in [-0.25, -0.2) is 13.1 Å². The number of nitrogens with one attached hydrogen (secondary N) is 1. The molecule has 0 spiro atoms. The van der Waals surface area contributed by atoms with Gasteiger partial charge in [-0.05, 0) is 47.5 Å². The molecule has 0 amide bonds. The summed E-state index contributed by atoms with van der Waals surface area (Å²) in [5.41, 5.74) is 0.936. The van der Waals surface area contributed by atoms with E-state index in [9.17, 15) is 8.42 Å². The molecular formula is C10H13Br2NO3S. The highest BCUT2D eigenvalue weighted by atomic mass is 79.9. The molecule has 0 aromatic heterocycles. The number of aryl methyl sites for hydroxylation is 1. The summed E-state index contributed by atoms with van der Waals surface area (Å²) in [7, 11) is -3.63. The van der Waals surface area contributed by atoms with Crippen LogP contribution < -0.4 is 4.72 Å². The number of halogens is 2. The lowest BCUT2D eigenvalue weighted by Crippen LogP contribution is -2.35. The molecule has 1 rings (SSSR count). The summed E-state index contributed by atoms with van der Waals surface area (Å²) < 4.78 is 27.6. The van der Waals surface area contributed by atoms with Crippen LogP contribution in [0.2, 0.25) is 0 Å². The van der Waals surface area contributed by atoms with Gasteiger partial charge in [0.05, 0.1) is 11.5 Å². The Balaban J connectivity index is 3.20. The van der Waals surface area contributed by atoms with Crippen molar-refractivity contribution in [1.82, 2.24) is 4.72 Å². The average Bonchev–Trinajstić information content (AvgIpc) is 2.22. The SMILES string of the molecule is Cc1cc(Br)c(S(=O)(=O)N[C@H](C)CO)cc1Br. The second-order valence-electron chi connectivity index (χ2n) is 3.74. The van der Waals surface area contributed by atoms with E-state index in [2.05, 4.69) is 36.6 Å². The van der Waals surface area contributed by atoms with Crippen molar-refractivity contribution < 1.29 is 13.5 Å².